The summed E-state index contributed by atoms with van der Waals surface area (Å²) in [4.78, 5) is 40.6. The summed E-state index contributed by atoms with van der Waals surface area (Å²) in [6, 6.07) is 11.0. The number of carbonyl (C=O) groups excluding carboxylic acids is 3. The fraction of sp³-hybridized carbons (Fsp3) is 0.125. The van der Waals surface area contributed by atoms with Gasteiger partial charge in [-0.3, -0.25) is 14.4 Å². The number of nitrogens with two attached hydrogens (primary N) is 1. The Morgan fingerprint density at radius 3 is 2.45 bits per heavy atom. The van der Waals surface area contributed by atoms with Gasteiger partial charge in [0.2, 0.25) is 5.78 Å². The van der Waals surface area contributed by atoms with Gasteiger partial charge in [-0.25, -0.2) is 4.98 Å². The summed E-state index contributed by atoms with van der Waals surface area (Å²) in [7, 11) is 0. The molecule has 1 aromatic heterocycles. The van der Waals surface area contributed by atoms with Gasteiger partial charge < -0.3 is 10.6 Å². The highest BCUT2D eigenvalue weighted by Crippen LogP contribution is 2.34. The van der Waals surface area contributed by atoms with Crippen LogP contribution in [0.1, 0.15) is 16.9 Å². The lowest BCUT2D eigenvalue weighted by atomic mass is 10.0. The van der Waals surface area contributed by atoms with Crippen molar-refractivity contribution >= 4 is 23.3 Å². The van der Waals surface area contributed by atoms with Crippen LogP contribution < -0.4 is 10.6 Å². The molecule has 0 bridgehead atoms. The molecule has 1 aliphatic rings. The molecule has 2 amide bonds. The van der Waals surface area contributed by atoms with Gasteiger partial charge in [-0.2, -0.15) is 0 Å². The zero-order valence-electron chi connectivity index (χ0n) is 11.7. The quantitative estimate of drug-likeness (QED) is 0.860. The number of carbonyl (C=O) groups is 3. The molecule has 1 aliphatic heterocycles. The number of hydrogen-bond acceptors (Lipinski definition) is 4. The molecule has 22 heavy (non-hydrogen) atoms. The maximum atomic E-state index is 12.1. The first-order chi connectivity index (χ1) is 10.6. The van der Waals surface area contributed by atoms with Crippen molar-refractivity contribution in [3.05, 3.63) is 48.3 Å². The van der Waals surface area contributed by atoms with Gasteiger partial charge >= 0.3 is 0 Å². The Morgan fingerprint density at radius 2 is 1.86 bits per heavy atom. The summed E-state index contributed by atoms with van der Waals surface area (Å²) < 4.78 is 0. The first kappa shape index (κ1) is 13.9. The monoisotopic (exact) mass is 295 g/mol. The molecule has 2 heterocycles. The SMILES string of the molecule is NC(=O)c1nccc(-c2ccccc2)c1N1CCC(=O)C1=O. The van der Waals surface area contributed by atoms with E-state index in [-0.39, 0.29) is 18.7 Å². The Balaban J connectivity index is 2.23. The van der Waals surface area contributed by atoms with E-state index in [0.717, 1.165) is 5.56 Å². The summed E-state index contributed by atoms with van der Waals surface area (Å²) in [5, 5.41) is 0. The van der Waals surface area contributed by atoms with Gasteiger partial charge in [0.1, 0.15) is 0 Å². The highest BCUT2D eigenvalue weighted by Gasteiger charge is 2.34. The summed E-state index contributed by atoms with van der Waals surface area (Å²) in [6.45, 7) is 0.226. The molecule has 6 heteroatoms. The van der Waals surface area contributed by atoms with Crippen molar-refractivity contribution in [2.24, 2.45) is 5.73 Å². The van der Waals surface area contributed by atoms with Crippen molar-refractivity contribution in [2.45, 2.75) is 6.42 Å². The molecule has 1 aromatic carbocycles. The zero-order chi connectivity index (χ0) is 15.7. The molecule has 0 atom stereocenters. The van der Waals surface area contributed by atoms with E-state index in [1.807, 2.05) is 30.3 Å². The van der Waals surface area contributed by atoms with Crippen LogP contribution in [0.4, 0.5) is 5.69 Å². The Hall–Kier alpha value is -3.02. The van der Waals surface area contributed by atoms with Crippen LogP contribution in [0.25, 0.3) is 11.1 Å². The van der Waals surface area contributed by atoms with Crippen molar-refractivity contribution in [1.82, 2.24) is 4.98 Å². The number of amides is 2. The minimum absolute atomic E-state index is 0.00981. The van der Waals surface area contributed by atoms with Crippen LogP contribution in [0.15, 0.2) is 42.6 Å². The number of primary amides is 1. The molecule has 2 aromatic rings. The number of Topliss-reactive ketones (excluding diaryl/α,β-unsaturated/α-hetero) is 1. The second-order valence-electron chi connectivity index (χ2n) is 4.92. The van der Waals surface area contributed by atoms with E-state index in [9.17, 15) is 14.4 Å². The first-order valence-electron chi connectivity index (χ1n) is 6.78. The number of ketones is 1. The lowest BCUT2D eigenvalue weighted by molar-refractivity contribution is -0.133. The van der Waals surface area contributed by atoms with Gasteiger partial charge in [0.15, 0.2) is 5.69 Å². The van der Waals surface area contributed by atoms with Crippen molar-refractivity contribution < 1.29 is 14.4 Å². The summed E-state index contributed by atoms with van der Waals surface area (Å²) >= 11 is 0. The normalized spacial score (nSPS) is 14.5. The third kappa shape index (κ3) is 2.24. The predicted molar refractivity (Wildman–Crippen MR) is 80.2 cm³/mol. The fourth-order valence-corrected chi connectivity index (χ4v) is 2.54. The van der Waals surface area contributed by atoms with Crippen LogP contribution in [-0.2, 0) is 9.59 Å². The largest absolute Gasteiger partial charge is 0.364 e. The van der Waals surface area contributed by atoms with E-state index in [4.69, 9.17) is 5.73 Å². The molecule has 1 fully saturated rings. The Kier molecular flexibility index (Phi) is 3.42. The molecule has 110 valence electrons. The third-order valence-electron chi connectivity index (χ3n) is 3.56. The summed E-state index contributed by atoms with van der Waals surface area (Å²) in [5.74, 6) is -1.84. The van der Waals surface area contributed by atoms with E-state index < -0.39 is 17.6 Å². The van der Waals surface area contributed by atoms with Gasteiger partial charge in [0.25, 0.3) is 11.8 Å². The molecule has 0 saturated carbocycles. The van der Waals surface area contributed by atoms with Gasteiger partial charge in [0, 0.05) is 24.7 Å². The minimum Gasteiger partial charge on any atom is -0.364 e. The highest BCUT2D eigenvalue weighted by molar-refractivity contribution is 6.44. The maximum absolute atomic E-state index is 12.1. The summed E-state index contributed by atoms with van der Waals surface area (Å²) in [5.41, 5.74) is 7.14. The fourth-order valence-electron chi connectivity index (χ4n) is 2.54. The van der Waals surface area contributed by atoms with Crippen molar-refractivity contribution in [1.29, 1.82) is 0 Å². The van der Waals surface area contributed by atoms with E-state index in [1.165, 1.54) is 11.1 Å². The molecule has 3 rings (SSSR count). The van der Waals surface area contributed by atoms with Gasteiger partial charge in [-0.05, 0) is 11.6 Å². The van der Waals surface area contributed by atoms with Crippen LogP contribution in [0.2, 0.25) is 0 Å². The lowest BCUT2D eigenvalue weighted by Gasteiger charge is -2.21. The lowest BCUT2D eigenvalue weighted by Crippen LogP contribution is -2.30. The van der Waals surface area contributed by atoms with E-state index in [0.29, 0.717) is 11.3 Å². The second kappa shape index (κ2) is 5.40. The van der Waals surface area contributed by atoms with Crippen LogP contribution in [-0.4, -0.2) is 29.1 Å². The maximum Gasteiger partial charge on any atom is 0.294 e. The Labute approximate surface area is 126 Å². The van der Waals surface area contributed by atoms with Crippen molar-refractivity contribution in [2.75, 3.05) is 11.4 Å². The number of aromatic nitrogens is 1. The van der Waals surface area contributed by atoms with E-state index in [2.05, 4.69) is 4.98 Å². The highest BCUT2D eigenvalue weighted by atomic mass is 16.2. The van der Waals surface area contributed by atoms with E-state index in [1.54, 1.807) is 6.07 Å². The van der Waals surface area contributed by atoms with Gasteiger partial charge in [0.05, 0.1) is 5.69 Å². The van der Waals surface area contributed by atoms with Crippen LogP contribution in [0.5, 0.6) is 0 Å². The Bertz CT molecular complexity index is 771. The molecule has 6 nitrogen and oxygen atoms in total. The first-order valence-corrected chi connectivity index (χ1v) is 6.78. The molecule has 1 saturated heterocycles. The molecule has 0 aliphatic carbocycles. The number of pyridine rings is 1. The smallest absolute Gasteiger partial charge is 0.294 e. The zero-order valence-corrected chi connectivity index (χ0v) is 11.7. The van der Waals surface area contributed by atoms with Crippen molar-refractivity contribution in [3.63, 3.8) is 0 Å². The summed E-state index contributed by atoms with van der Waals surface area (Å²) in [6.07, 6.45) is 1.59. The standard InChI is InChI=1S/C16H13N3O3/c17-15(21)13-14(19-9-7-12(20)16(19)22)11(6-8-18-13)10-4-2-1-3-5-10/h1-6,8H,7,9H2,(H2,17,21). The van der Waals surface area contributed by atoms with Crippen molar-refractivity contribution in [3.8, 4) is 11.1 Å². The molecule has 0 unspecified atom stereocenters. The number of benzene rings is 1. The van der Waals surface area contributed by atoms with E-state index >= 15 is 0 Å². The number of nitrogens with zero attached hydrogens (tertiary/aromatic N) is 2. The number of hydrogen-bond donors (Lipinski definition) is 1. The van der Waals surface area contributed by atoms with Gasteiger partial charge in [-0.15, -0.1) is 0 Å². The molecule has 0 spiro atoms. The second-order valence-corrected chi connectivity index (χ2v) is 4.92. The minimum atomic E-state index is -0.736. The number of anilines is 1. The van der Waals surface area contributed by atoms with Gasteiger partial charge in [-0.1, -0.05) is 30.3 Å². The average Bonchev–Trinajstić information content (AvgIpc) is 2.87. The average molecular weight is 295 g/mol. The molecular weight excluding hydrogens is 282 g/mol. The van der Waals surface area contributed by atoms with Crippen LogP contribution in [0, 0.1) is 0 Å². The Morgan fingerprint density at radius 1 is 1.14 bits per heavy atom. The molecule has 2 N–H and O–H groups in total. The molecular formula is C16H13N3O3. The molecule has 0 radical (unpaired) electrons. The topological polar surface area (TPSA) is 93.4 Å². The predicted octanol–water partition coefficient (Wildman–Crippen LogP) is 1.15. The van der Waals surface area contributed by atoms with Crippen LogP contribution in [0.3, 0.4) is 0 Å². The van der Waals surface area contributed by atoms with Crippen LogP contribution >= 0.6 is 0 Å². The third-order valence-corrected chi connectivity index (χ3v) is 3.56. The number of rotatable bonds is 3.